The molecule has 2 aromatic rings. The Bertz CT molecular complexity index is 646. The predicted octanol–water partition coefficient (Wildman–Crippen LogP) is 2.35. The molecule has 7 heteroatoms. The Balaban J connectivity index is 1.62. The zero-order valence-electron chi connectivity index (χ0n) is 12.9. The molecule has 2 heterocycles. The van der Waals surface area contributed by atoms with Crippen LogP contribution in [0.5, 0.6) is 0 Å². The highest BCUT2D eigenvalue weighted by Crippen LogP contribution is 2.31. The van der Waals surface area contributed by atoms with Crippen LogP contribution < -0.4 is 5.32 Å². The van der Waals surface area contributed by atoms with Gasteiger partial charge in [0.15, 0.2) is 0 Å². The highest BCUT2D eigenvalue weighted by molar-refractivity contribution is 5.74. The normalized spacial score (nSPS) is 18.0. The number of piperidine rings is 1. The van der Waals surface area contributed by atoms with Crippen molar-refractivity contribution in [3.63, 3.8) is 0 Å². The summed E-state index contributed by atoms with van der Waals surface area (Å²) in [6.07, 6.45) is 5.96. The van der Waals surface area contributed by atoms with Gasteiger partial charge in [0.05, 0.1) is 12.6 Å². The van der Waals surface area contributed by atoms with Gasteiger partial charge in [0.25, 0.3) is 0 Å². The minimum atomic E-state index is -0.264. The number of aromatic nitrogens is 3. The number of carbonyl (C=O) groups excluding carboxylic acids is 1. The van der Waals surface area contributed by atoms with E-state index < -0.39 is 0 Å². The lowest BCUT2D eigenvalue weighted by molar-refractivity contribution is 0.151. The zero-order valence-corrected chi connectivity index (χ0v) is 12.9. The van der Waals surface area contributed by atoms with Crippen molar-refractivity contribution in [1.82, 2.24) is 25.0 Å². The largest absolute Gasteiger partial charge is 0.336 e. The molecule has 3 rings (SSSR count). The molecule has 6 nitrogen and oxygen atoms in total. The van der Waals surface area contributed by atoms with E-state index in [1.807, 2.05) is 6.07 Å². The predicted molar refractivity (Wildman–Crippen MR) is 83.1 cm³/mol. The Morgan fingerprint density at radius 2 is 2.30 bits per heavy atom. The molecule has 1 aliphatic rings. The summed E-state index contributed by atoms with van der Waals surface area (Å²) in [7, 11) is 0. The number of halogens is 1. The van der Waals surface area contributed by atoms with Crippen LogP contribution in [0, 0.1) is 5.82 Å². The van der Waals surface area contributed by atoms with Crippen LogP contribution in [0.15, 0.2) is 36.9 Å². The van der Waals surface area contributed by atoms with Gasteiger partial charge in [0, 0.05) is 13.1 Å². The third-order valence-electron chi connectivity index (χ3n) is 4.08. The van der Waals surface area contributed by atoms with E-state index in [-0.39, 0.29) is 17.9 Å². The Morgan fingerprint density at radius 1 is 1.39 bits per heavy atom. The highest BCUT2D eigenvalue weighted by atomic mass is 19.1. The van der Waals surface area contributed by atoms with Crippen molar-refractivity contribution in [3.05, 3.63) is 48.3 Å². The summed E-state index contributed by atoms with van der Waals surface area (Å²) in [5, 5.41) is 6.91. The molecule has 0 bridgehead atoms. The van der Waals surface area contributed by atoms with Crippen LogP contribution >= 0.6 is 0 Å². The first-order valence-corrected chi connectivity index (χ1v) is 7.86. The molecule has 2 amide bonds. The van der Waals surface area contributed by atoms with Crippen LogP contribution in [0.2, 0.25) is 0 Å². The first-order chi connectivity index (χ1) is 11.2. The SMILES string of the molecule is O=C(NCCn1cncn1)N1CCCC[C@@H]1c1cccc(F)c1. The number of nitrogens with zero attached hydrogens (tertiary/aromatic N) is 4. The summed E-state index contributed by atoms with van der Waals surface area (Å²) in [5.41, 5.74) is 0.858. The molecule has 23 heavy (non-hydrogen) atoms. The van der Waals surface area contributed by atoms with Gasteiger partial charge in [-0.25, -0.2) is 14.2 Å². The lowest BCUT2D eigenvalue weighted by Crippen LogP contribution is -2.45. The maximum Gasteiger partial charge on any atom is 0.317 e. The van der Waals surface area contributed by atoms with Crippen molar-refractivity contribution in [2.75, 3.05) is 13.1 Å². The van der Waals surface area contributed by atoms with Crippen molar-refractivity contribution in [2.24, 2.45) is 0 Å². The third kappa shape index (κ3) is 3.85. The van der Waals surface area contributed by atoms with Gasteiger partial charge in [0.1, 0.15) is 18.5 Å². The van der Waals surface area contributed by atoms with Gasteiger partial charge in [-0.3, -0.25) is 4.68 Å². The lowest BCUT2D eigenvalue weighted by Gasteiger charge is -2.36. The molecule has 1 saturated heterocycles. The van der Waals surface area contributed by atoms with Crippen LogP contribution in [0.4, 0.5) is 9.18 Å². The quantitative estimate of drug-likeness (QED) is 0.941. The third-order valence-corrected chi connectivity index (χ3v) is 4.08. The average Bonchev–Trinajstić information content (AvgIpc) is 3.08. The molecule has 122 valence electrons. The fourth-order valence-electron chi connectivity index (χ4n) is 2.96. The second kappa shape index (κ2) is 7.21. The number of hydrogen-bond donors (Lipinski definition) is 1. The number of urea groups is 1. The average molecular weight is 317 g/mol. The van der Waals surface area contributed by atoms with E-state index in [9.17, 15) is 9.18 Å². The lowest BCUT2D eigenvalue weighted by atomic mass is 9.95. The van der Waals surface area contributed by atoms with E-state index in [2.05, 4.69) is 15.4 Å². The van der Waals surface area contributed by atoms with Crippen molar-refractivity contribution in [3.8, 4) is 0 Å². The molecule has 1 aromatic carbocycles. The fourth-order valence-corrected chi connectivity index (χ4v) is 2.96. The standard InChI is InChI=1S/C16H20FN5O/c17-14-5-3-4-13(10-14)15-6-1-2-8-22(15)16(23)19-7-9-21-12-18-11-20-21/h3-5,10-12,15H,1-2,6-9H2,(H,19,23)/t15-/m1/s1. The van der Waals surface area contributed by atoms with Gasteiger partial charge in [-0.15, -0.1) is 0 Å². The van der Waals surface area contributed by atoms with Gasteiger partial charge in [-0.05, 0) is 37.0 Å². The first-order valence-electron chi connectivity index (χ1n) is 7.86. The van der Waals surface area contributed by atoms with Crippen LogP contribution in [0.25, 0.3) is 0 Å². The van der Waals surface area contributed by atoms with E-state index in [0.29, 0.717) is 19.6 Å². The Morgan fingerprint density at radius 3 is 3.09 bits per heavy atom. The second-order valence-electron chi connectivity index (χ2n) is 5.65. The summed E-state index contributed by atoms with van der Waals surface area (Å²) in [4.78, 5) is 18.1. The maximum absolute atomic E-state index is 13.5. The van der Waals surface area contributed by atoms with Gasteiger partial charge in [0.2, 0.25) is 0 Å². The molecule has 1 aromatic heterocycles. The van der Waals surface area contributed by atoms with Crippen LogP contribution in [0.1, 0.15) is 30.9 Å². The first kappa shape index (κ1) is 15.5. The molecular formula is C16H20FN5O. The number of hydrogen-bond acceptors (Lipinski definition) is 3. The Hall–Kier alpha value is -2.44. The van der Waals surface area contributed by atoms with Gasteiger partial charge < -0.3 is 10.2 Å². The molecule has 0 unspecified atom stereocenters. The van der Waals surface area contributed by atoms with Crippen molar-refractivity contribution < 1.29 is 9.18 Å². The maximum atomic E-state index is 13.5. The molecule has 0 aliphatic carbocycles. The number of nitrogens with one attached hydrogen (secondary N) is 1. The molecule has 0 spiro atoms. The highest BCUT2D eigenvalue weighted by Gasteiger charge is 2.27. The smallest absolute Gasteiger partial charge is 0.317 e. The summed E-state index contributed by atoms with van der Waals surface area (Å²) >= 11 is 0. The van der Waals surface area contributed by atoms with Crippen LogP contribution in [-0.2, 0) is 6.54 Å². The van der Waals surface area contributed by atoms with Crippen molar-refractivity contribution in [2.45, 2.75) is 31.8 Å². The fraction of sp³-hybridized carbons (Fsp3) is 0.438. The monoisotopic (exact) mass is 317 g/mol. The van der Waals surface area contributed by atoms with E-state index >= 15 is 0 Å². The molecular weight excluding hydrogens is 297 g/mol. The van der Waals surface area contributed by atoms with Gasteiger partial charge in [-0.2, -0.15) is 5.10 Å². The number of rotatable bonds is 4. The van der Waals surface area contributed by atoms with Crippen LogP contribution in [-0.4, -0.2) is 38.8 Å². The summed E-state index contributed by atoms with van der Waals surface area (Å²) in [6.45, 7) is 1.75. The van der Waals surface area contributed by atoms with Crippen molar-refractivity contribution >= 4 is 6.03 Å². The number of amides is 2. The number of likely N-dealkylation sites (tertiary alicyclic amines) is 1. The Kier molecular flexibility index (Phi) is 4.85. The summed E-state index contributed by atoms with van der Waals surface area (Å²) in [5.74, 6) is -0.264. The van der Waals surface area contributed by atoms with Gasteiger partial charge >= 0.3 is 6.03 Å². The minimum Gasteiger partial charge on any atom is -0.336 e. The topological polar surface area (TPSA) is 63.1 Å². The van der Waals surface area contributed by atoms with Gasteiger partial charge in [-0.1, -0.05) is 12.1 Å². The minimum absolute atomic E-state index is 0.0641. The zero-order chi connectivity index (χ0) is 16.1. The molecule has 0 radical (unpaired) electrons. The van der Waals surface area contributed by atoms with E-state index in [1.165, 1.54) is 18.5 Å². The van der Waals surface area contributed by atoms with E-state index in [1.54, 1.807) is 22.0 Å². The number of carbonyl (C=O) groups is 1. The summed E-state index contributed by atoms with van der Waals surface area (Å²) < 4.78 is 15.1. The molecule has 1 fully saturated rings. The number of benzene rings is 1. The molecule has 1 aliphatic heterocycles. The van der Waals surface area contributed by atoms with Crippen molar-refractivity contribution in [1.29, 1.82) is 0 Å². The van der Waals surface area contributed by atoms with E-state index in [4.69, 9.17) is 0 Å². The molecule has 1 atom stereocenters. The molecule has 1 N–H and O–H groups in total. The van der Waals surface area contributed by atoms with Crippen LogP contribution in [0.3, 0.4) is 0 Å². The molecule has 0 saturated carbocycles. The van der Waals surface area contributed by atoms with E-state index in [0.717, 1.165) is 24.8 Å². The Labute approximate surface area is 134 Å². The second-order valence-corrected chi connectivity index (χ2v) is 5.65. The summed E-state index contributed by atoms with van der Waals surface area (Å²) in [6, 6.07) is 6.35.